The highest BCUT2D eigenvalue weighted by atomic mass is 19.1. The van der Waals surface area contributed by atoms with Crippen LogP contribution in [0.1, 0.15) is 24.8 Å². The van der Waals surface area contributed by atoms with Gasteiger partial charge < -0.3 is 4.79 Å². The Hall–Kier alpha value is -1.78. The average molecular weight is 225 g/mol. The van der Waals surface area contributed by atoms with Crippen LogP contribution in [0.15, 0.2) is 24.3 Å². The lowest BCUT2D eigenvalue weighted by atomic mass is 9.94. The van der Waals surface area contributed by atoms with Gasteiger partial charge in [0, 0.05) is 11.3 Å². The quantitative estimate of drug-likeness (QED) is 0.570. The summed E-state index contributed by atoms with van der Waals surface area (Å²) in [5.41, 5.74) is 0.231. The Morgan fingerprint density at radius 1 is 1.50 bits per heavy atom. The lowest BCUT2D eigenvalue weighted by molar-refractivity contribution is -0.483. The van der Waals surface area contributed by atoms with Crippen LogP contribution < -0.4 is 0 Å². The van der Waals surface area contributed by atoms with E-state index in [-0.39, 0.29) is 17.8 Å². The standard InChI is InChI=1S/C11H12FNO3/c1-8(14)6-9(7-13(15)16)10-4-2-3-5-11(10)12/h2-5,9H,6-7H2,1H3/t9-/m1/s1. The number of hydrogen-bond acceptors (Lipinski definition) is 3. The Kier molecular flexibility index (Phi) is 4.10. The van der Waals surface area contributed by atoms with E-state index in [1.165, 1.54) is 25.1 Å². The first kappa shape index (κ1) is 12.3. The molecule has 0 aliphatic rings. The number of carbonyl (C=O) groups excluding carboxylic acids is 1. The second kappa shape index (κ2) is 5.34. The normalized spacial score (nSPS) is 12.1. The molecule has 0 amide bonds. The fourth-order valence-electron chi connectivity index (χ4n) is 1.61. The first-order chi connectivity index (χ1) is 7.50. The average Bonchev–Trinajstić information content (AvgIpc) is 2.15. The molecular weight excluding hydrogens is 213 g/mol. The van der Waals surface area contributed by atoms with E-state index in [0.717, 1.165) is 0 Å². The summed E-state index contributed by atoms with van der Waals surface area (Å²) >= 11 is 0. The molecule has 5 heteroatoms. The Bertz CT molecular complexity index is 390. The molecular formula is C11H12FNO3. The molecule has 4 nitrogen and oxygen atoms in total. The molecule has 0 aromatic heterocycles. The molecule has 0 heterocycles. The largest absolute Gasteiger partial charge is 0.300 e. The fraction of sp³-hybridized carbons (Fsp3) is 0.364. The van der Waals surface area contributed by atoms with E-state index in [4.69, 9.17) is 0 Å². The Morgan fingerprint density at radius 2 is 2.12 bits per heavy atom. The monoisotopic (exact) mass is 225 g/mol. The topological polar surface area (TPSA) is 60.2 Å². The summed E-state index contributed by atoms with van der Waals surface area (Å²) in [4.78, 5) is 20.9. The smallest absolute Gasteiger partial charge is 0.211 e. The summed E-state index contributed by atoms with van der Waals surface area (Å²) in [5.74, 6) is -1.38. The molecule has 86 valence electrons. The number of rotatable bonds is 5. The maximum absolute atomic E-state index is 13.4. The molecule has 0 fully saturated rings. The fourth-order valence-corrected chi connectivity index (χ4v) is 1.61. The molecule has 0 aliphatic carbocycles. The van der Waals surface area contributed by atoms with Crippen LogP contribution in [0.5, 0.6) is 0 Å². The van der Waals surface area contributed by atoms with Crippen LogP contribution >= 0.6 is 0 Å². The van der Waals surface area contributed by atoms with Crippen LogP contribution in [-0.2, 0) is 4.79 Å². The second-order valence-electron chi connectivity index (χ2n) is 3.64. The highest BCUT2D eigenvalue weighted by molar-refractivity contribution is 5.76. The van der Waals surface area contributed by atoms with E-state index in [9.17, 15) is 19.3 Å². The van der Waals surface area contributed by atoms with Crippen molar-refractivity contribution in [3.05, 3.63) is 45.8 Å². The van der Waals surface area contributed by atoms with E-state index in [0.29, 0.717) is 0 Å². The minimum atomic E-state index is -0.686. The Labute approximate surface area is 92.2 Å². The molecule has 0 saturated carbocycles. The number of nitrogens with zero attached hydrogens (tertiary/aromatic N) is 1. The predicted molar refractivity (Wildman–Crippen MR) is 56.3 cm³/mol. The van der Waals surface area contributed by atoms with Gasteiger partial charge in [0.25, 0.3) is 0 Å². The van der Waals surface area contributed by atoms with Gasteiger partial charge in [0.15, 0.2) is 0 Å². The van der Waals surface area contributed by atoms with E-state index < -0.39 is 23.2 Å². The van der Waals surface area contributed by atoms with Crippen molar-refractivity contribution in [1.29, 1.82) is 0 Å². The molecule has 1 aromatic carbocycles. The zero-order chi connectivity index (χ0) is 12.1. The summed E-state index contributed by atoms with van der Waals surface area (Å²) in [7, 11) is 0. The minimum Gasteiger partial charge on any atom is -0.300 e. The van der Waals surface area contributed by atoms with Crippen LogP contribution in [0.4, 0.5) is 4.39 Å². The predicted octanol–water partition coefficient (Wildman–Crippen LogP) is 2.17. The number of halogens is 1. The first-order valence-corrected chi connectivity index (χ1v) is 4.86. The van der Waals surface area contributed by atoms with E-state index in [1.54, 1.807) is 6.07 Å². The highest BCUT2D eigenvalue weighted by Crippen LogP contribution is 2.22. The van der Waals surface area contributed by atoms with E-state index in [1.807, 2.05) is 0 Å². The SMILES string of the molecule is CC(=O)C[C@H](C[N+](=O)[O-])c1ccccc1F. The first-order valence-electron chi connectivity index (χ1n) is 4.86. The lowest BCUT2D eigenvalue weighted by Crippen LogP contribution is -2.16. The molecule has 0 saturated heterocycles. The van der Waals surface area contributed by atoms with Gasteiger partial charge in [-0.05, 0) is 18.6 Å². The van der Waals surface area contributed by atoms with Gasteiger partial charge in [0.2, 0.25) is 6.54 Å². The summed E-state index contributed by atoms with van der Waals surface area (Å²) in [6.45, 7) is 0.911. The maximum atomic E-state index is 13.4. The van der Waals surface area contributed by atoms with Gasteiger partial charge in [-0.1, -0.05) is 18.2 Å². The number of hydrogen-bond donors (Lipinski definition) is 0. The molecule has 1 atom stereocenters. The molecule has 1 aromatic rings. The number of carbonyl (C=O) groups is 1. The van der Waals surface area contributed by atoms with Gasteiger partial charge >= 0.3 is 0 Å². The molecule has 16 heavy (non-hydrogen) atoms. The van der Waals surface area contributed by atoms with Gasteiger partial charge in [-0.2, -0.15) is 0 Å². The summed E-state index contributed by atoms with van der Waals surface area (Å²) < 4.78 is 13.4. The van der Waals surface area contributed by atoms with Crippen molar-refractivity contribution >= 4 is 5.78 Å². The third-order valence-corrected chi connectivity index (χ3v) is 2.25. The maximum Gasteiger partial charge on any atom is 0.211 e. The van der Waals surface area contributed by atoms with Crippen LogP contribution in [0.25, 0.3) is 0 Å². The Morgan fingerprint density at radius 3 is 2.62 bits per heavy atom. The van der Waals surface area contributed by atoms with Crippen molar-refractivity contribution < 1.29 is 14.1 Å². The van der Waals surface area contributed by atoms with Crippen molar-refractivity contribution in [2.75, 3.05) is 6.54 Å². The molecule has 0 N–H and O–H groups in total. The number of ketones is 1. The van der Waals surface area contributed by atoms with Crippen LogP contribution in [0, 0.1) is 15.9 Å². The Balaban J connectivity index is 2.96. The third kappa shape index (κ3) is 3.42. The van der Waals surface area contributed by atoms with E-state index in [2.05, 4.69) is 0 Å². The van der Waals surface area contributed by atoms with Gasteiger partial charge in [-0.3, -0.25) is 10.1 Å². The highest BCUT2D eigenvalue weighted by Gasteiger charge is 2.22. The number of benzene rings is 1. The molecule has 0 unspecified atom stereocenters. The zero-order valence-corrected chi connectivity index (χ0v) is 8.85. The van der Waals surface area contributed by atoms with Crippen molar-refractivity contribution in [2.45, 2.75) is 19.3 Å². The minimum absolute atomic E-state index is 0.0120. The second-order valence-corrected chi connectivity index (χ2v) is 3.64. The molecule has 0 radical (unpaired) electrons. The van der Waals surface area contributed by atoms with Crippen molar-refractivity contribution in [2.24, 2.45) is 0 Å². The number of nitro groups is 1. The summed E-state index contributed by atoms with van der Waals surface area (Å²) in [5, 5.41) is 10.4. The van der Waals surface area contributed by atoms with Gasteiger partial charge in [0.1, 0.15) is 11.6 Å². The van der Waals surface area contributed by atoms with Crippen LogP contribution in [-0.4, -0.2) is 17.3 Å². The van der Waals surface area contributed by atoms with Crippen LogP contribution in [0.2, 0.25) is 0 Å². The van der Waals surface area contributed by atoms with Gasteiger partial charge in [0.05, 0.1) is 5.92 Å². The summed E-state index contributed by atoms with van der Waals surface area (Å²) in [6.07, 6.45) is -0.0120. The third-order valence-electron chi connectivity index (χ3n) is 2.25. The van der Waals surface area contributed by atoms with Gasteiger partial charge in [-0.25, -0.2) is 4.39 Å². The molecule has 0 bridgehead atoms. The number of Topliss-reactive ketones (excluding diaryl/α,β-unsaturated/α-hetero) is 1. The van der Waals surface area contributed by atoms with E-state index >= 15 is 0 Å². The van der Waals surface area contributed by atoms with Gasteiger partial charge in [-0.15, -0.1) is 0 Å². The van der Waals surface area contributed by atoms with Crippen molar-refractivity contribution in [3.63, 3.8) is 0 Å². The summed E-state index contributed by atoms with van der Waals surface area (Å²) in [6, 6.07) is 5.83. The molecule has 0 aliphatic heterocycles. The lowest BCUT2D eigenvalue weighted by Gasteiger charge is -2.12. The van der Waals surface area contributed by atoms with Crippen molar-refractivity contribution in [1.82, 2.24) is 0 Å². The molecule has 1 rings (SSSR count). The van der Waals surface area contributed by atoms with Crippen LogP contribution in [0.3, 0.4) is 0 Å². The molecule has 0 spiro atoms. The van der Waals surface area contributed by atoms with Crippen molar-refractivity contribution in [3.8, 4) is 0 Å². The zero-order valence-electron chi connectivity index (χ0n) is 8.85.